The molecule has 2 aromatic carbocycles. The van der Waals surface area contributed by atoms with E-state index in [4.69, 9.17) is 27.6 Å². The highest BCUT2D eigenvalue weighted by molar-refractivity contribution is 6.35. The van der Waals surface area contributed by atoms with E-state index in [0.29, 0.717) is 11.8 Å². The maximum absolute atomic E-state index is 13.8. The Hall–Kier alpha value is -3.56. The van der Waals surface area contributed by atoms with Crippen LogP contribution in [0, 0.1) is 13.8 Å². The number of alkyl halides is 3. The van der Waals surface area contributed by atoms with E-state index in [1.165, 1.54) is 43.3 Å². The van der Waals surface area contributed by atoms with Gasteiger partial charge < -0.3 is 14.9 Å². The van der Waals surface area contributed by atoms with E-state index >= 15 is 0 Å². The lowest BCUT2D eigenvalue weighted by molar-refractivity contribution is -0.0688. The Morgan fingerprint density at radius 2 is 1.63 bits per heavy atom. The summed E-state index contributed by atoms with van der Waals surface area (Å²) in [5, 5.41) is 14.9. The molecule has 3 aromatic rings. The predicted octanol–water partition coefficient (Wildman–Crippen LogP) is 6.64. The number of halogens is 5. The molecule has 0 atom stereocenters. The number of hydrogen-bond acceptors (Lipinski definition) is 5. The van der Waals surface area contributed by atoms with Crippen molar-refractivity contribution in [2.24, 2.45) is 5.16 Å². The zero-order valence-corrected chi connectivity index (χ0v) is 19.7. The predicted molar refractivity (Wildman–Crippen MR) is 128 cm³/mol. The molecule has 0 bridgehead atoms. The number of aryl methyl sites for hydroxylation is 2. The summed E-state index contributed by atoms with van der Waals surface area (Å²) >= 11 is 11.7. The Bertz CT molecular complexity index is 1380. The van der Waals surface area contributed by atoms with Crippen LogP contribution in [0.3, 0.4) is 0 Å². The van der Waals surface area contributed by atoms with E-state index in [1.807, 2.05) is 0 Å². The average molecular weight is 525 g/mol. The van der Waals surface area contributed by atoms with Crippen molar-refractivity contribution in [3.8, 4) is 0 Å². The number of benzene rings is 2. The molecule has 3 rings (SSSR count). The van der Waals surface area contributed by atoms with Crippen molar-refractivity contribution in [2.75, 3.05) is 5.32 Å². The van der Waals surface area contributed by atoms with Gasteiger partial charge in [0.1, 0.15) is 22.8 Å². The summed E-state index contributed by atoms with van der Waals surface area (Å²) in [5.74, 6) is -0.211. The molecule has 0 aliphatic rings. The maximum Gasteiger partial charge on any atom is 0.417 e. The van der Waals surface area contributed by atoms with Crippen LogP contribution < -0.4 is 10.7 Å². The van der Waals surface area contributed by atoms with Crippen molar-refractivity contribution < 1.29 is 27.6 Å². The zero-order chi connectivity index (χ0) is 25.9. The molecule has 0 unspecified atom stereocenters. The number of anilines is 1. The number of allylic oxidation sites excluding steroid dienone is 2. The Morgan fingerprint density at radius 1 is 1.03 bits per heavy atom. The lowest BCUT2D eigenvalue weighted by Crippen LogP contribution is -2.22. The molecule has 182 valence electrons. The molecule has 0 saturated heterocycles. The molecule has 0 saturated carbocycles. The molecular weight excluding hydrogens is 508 g/mol. The SMILES string of the molecule is Cc1cc(=O)c(C(=O)Nc2ccc(C(/C=C(/c3cc(Cl)cc(Cl)c3)C(F)(F)F)=N\O)cc2)c(C)o1. The van der Waals surface area contributed by atoms with E-state index < -0.39 is 28.8 Å². The second-order valence-electron chi connectivity index (χ2n) is 7.38. The maximum atomic E-state index is 13.8. The van der Waals surface area contributed by atoms with Gasteiger partial charge in [0.2, 0.25) is 0 Å². The van der Waals surface area contributed by atoms with Crippen LogP contribution in [0.5, 0.6) is 0 Å². The summed E-state index contributed by atoms with van der Waals surface area (Å²) in [7, 11) is 0. The monoisotopic (exact) mass is 524 g/mol. The van der Waals surface area contributed by atoms with Crippen molar-refractivity contribution in [2.45, 2.75) is 20.0 Å². The van der Waals surface area contributed by atoms with Gasteiger partial charge in [0.05, 0.1) is 5.57 Å². The van der Waals surface area contributed by atoms with Gasteiger partial charge in [-0.2, -0.15) is 13.2 Å². The van der Waals surface area contributed by atoms with Crippen molar-refractivity contribution in [3.05, 3.63) is 103 Å². The fraction of sp³-hybridized carbons (Fsp3) is 0.125. The van der Waals surface area contributed by atoms with E-state index in [2.05, 4.69) is 10.5 Å². The normalized spacial score (nSPS) is 12.5. The molecular formula is C24H17Cl2F3N2O4. The number of rotatable bonds is 5. The highest BCUT2D eigenvalue weighted by atomic mass is 35.5. The fourth-order valence-electron chi connectivity index (χ4n) is 3.29. The first-order valence-corrected chi connectivity index (χ1v) is 10.6. The van der Waals surface area contributed by atoms with Crippen LogP contribution in [-0.2, 0) is 0 Å². The first-order chi connectivity index (χ1) is 16.4. The summed E-state index contributed by atoms with van der Waals surface area (Å²) in [6.45, 7) is 3.06. The first-order valence-electron chi connectivity index (χ1n) is 9.89. The number of nitrogens with zero attached hydrogens (tertiary/aromatic N) is 1. The van der Waals surface area contributed by atoms with Crippen LogP contribution in [0.25, 0.3) is 5.57 Å². The molecule has 0 fully saturated rings. The quantitative estimate of drug-likeness (QED) is 0.222. The molecule has 0 spiro atoms. The highest BCUT2D eigenvalue weighted by Gasteiger charge is 2.35. The number of nitrogens with one attached hydrogen (secondary N) is 1. The third kappa shape index (κ3) is 6.32. The third-order valence-corrected chi connectivity index (χ3v) is 5.22. The van der Waals surface area contributed by atoms with Crippen molar-refractivity contribution in [1.29, 1.82) is 0 Å². The highest BCUT2D eigenvalue weighted by Crippen LogP contribution is 2.36. The van der Waals surface area contributed by atoms with Crippen LogP contribution in [0.1, 0.15) is 33.0 Å². The lowest BCUT2D eigenvalue weighted by Gasteiger charge is -2.14. The Balaban J connectivity index is 1.91. The Kier molecular flexibility index (Phi) is 7.72. The number of amides is 1. The van der Waals surface area contributed by atoms with Crippen molar-refractivity contribution >= 4 is 46.1 Å². The van der Waals surface area contributed by atoms with Crippen LogP contribution >= 0.6 is 23.2 Å². The Labute approximate surface area is 207 Å². The Morgan fingerprint density at radius 3 is 2.14 bits per heavy atom. The van der Waals surface area contributed by atoms with Crippen LogP contribution in [0.4, 0.5) is 18.9 Å². The van der Waals surface area contributed by atoms with Gasteiger partial charge in [-0.25, -0.2) is 0 Å². The number of oxime groups is 1. The summed E-state index contributed by atoms with van der Waals surface area (Å²) in [6.07, 6.45) is -4.17. The number of hydrogen-bond donors (Lipinski definition) is 2. The summed E-state index contributed by atoms with van der Waals surface area (Å²) < 4.78 is 46.6. The van der Waals surface area contributed by atoms with Crippen LogP contribution in [-0.4, -0.2) is 23.0 Å². The average Bonchev–Trinajstić information content (AvgIpc) is 2.73. The van der Waals surface area contributed by atoms with E-state index in [9.17, 15) is 28.0 Å². The minimum atomic E-state index is -4.81. The summed E-state index contributed by atoms with van der Waals surface area (Å²) in [5.41, 5.74) is -2.16. The van der Waals surface area contributed by atoms with E-state index in [-0.39, 0.29) is 38.2 Å². The first kappa shape index (κ1) is 26.1. The molecule has 1 amide bonds. The van der Waals surface area contributed by atoms with Crippen LogP contribution in [0.15, 0.2) is 69.0 Å². The van der Waals surface area contributed by atoms with Gasteiger partial charge in [-0.1, -0.05) is 40.5 Å². The second-order valence-corrected chi connectivity index (χ2v) is 8.26. The second kappa shape index (κ2) is 10.4. The van der Waals surface area contributed by atoms with Gasteiger partial charge >= 0.3 is 6.18 Å². The molecule has 0 aliphatic heterocycles. The molecule has 6 nitrogen and oxygen atoms in total. The molecule has 1 aromatic heterocycles. The van der Waals surface area contributed by atoms with Crippen LogP contribution in [0.2, 0.25) is 10.0 Å². The molecule has 0 aliphatic carbocycles. The van der Waals surface area contributed by atoms with Crippen molar-refractivity contribution in [1.82, 2.24) is 0 Å². The smallest absolute Gasteiger partial charge is 0.417 e. The number of carbonyl (C=O) groups excluding carboxylic acids is 1. The van der Waals surface area contributed by atoms with Crippen molar-refractivity contribution in [3.63, 3.8) is 0 Å². The number of carbonyl (C=O) groups is 1. The lowest BCUT2D eigenvalue weighted by atomic mass is 10.0. The topological polar surface area (TPSA) is 91.9 Å². The van der Waals surface area contributed by atoms with Gasteiger partial charge in [0.15, 0.2) is 5.43 Å². The molecule has 35 heavy (non-hydrogen) atoms. The van der Waals surface area contributed by atoms with Gasteiger partial charge in [-0.15, -0.1) is 0 Å². The molecule has 2 N–H and O–H groups in total. The minimum absolute atomic E-state index is 0.00285. The van der Waals surface area contributed by atoms with Gasteiger partial charge in [-0.05, 0) is 55.8 Å². The summed E-state index contributed by atoms with van der Waals surface area (Å²) in [4.78, 5) is 24.7. The molecule has 11 heteroatoms. The standard InChI is InChI=1S/C24H17Cl2F3N2O4/c1-12-7-21(32)22(13(2)35-12)23(33)30-18-5-3-14(4-6-18)20(31-34)11-19(24(27,28)29)15-8-16(25)10-17(26)9-15/h3-11,34H,1-2H3,(H,30,33)/b19-11-,31-20-. The zero-order valence-electron chi connectivity index (χ0n) is 18.2. The van der Waals surface area contributed by atoms with Gasteiger partial charge in [0, 0.05) is 27.4 Å². The minimum Gasteiger partial charge on any atom is -0.466 e. The van der Waals surface area contributed by atoms with E-state index in [1.54, 1.807) is 6.92 Å². The summed E-state index contributed by atoms with van der Waals surface area (Å²) in [6, 6.07) is 10.1. The van der Waals surface area contributed by atoms with E-state index in [0.717, 1.165) is 12.1 Å². The molecule has 1 heterocycles. The third-order valence-electron chi connectivity index (χ3n) is 4.78. The largest absolute Gasteiger partial charge is 0.466 e. The molecule has 0 radical (unpaired) electrons. The van der Waals surface area contributed by atoms with Gasteiger partial charge in [0.25, 0.3) is 5.91 Å². The van der Waals surface area contributed by atoms with Gasteiger partial charge in [-0.3, -0.25) is 9.59 Å². The fourth-order valence-corrected chi connectivity index (χ4v) is 3.81.